The molecule has 0 aliphatic carbocycles. The highest BCUT2D eigenvalue weighted by Crippen LogP contribution is 2.24. The number of nitrogens with zero attached hydrogens (tertiary/aromatic N) is 2. The zero-order valence-electron chi connectivity index (χ0n) is 15.0. The third-order valence-corrected chi connectivity index (χ3v) is 6.59. The van der Waals surface area contributed by atoms with Gasteiger partial charge in [-0.2, -0.15) is 8.42 Å². The van der Waals surface area contributed by atoms with Crippen molar-refractivity contribution in [3.8, 4) is 0 Å². The number of para-hydroxylation sites is 1. The quantitative estimate of drug-likeness (QED) is 0.636. The Bertz CT molecular complexity index is 1110. The molecular formula is C18H18N4O3S2. The second-order valence-electron chi connectivity index (χ2n) is 6.05. The van der Waals surface area contributed by atoms with Gasteiger partial charge in [0.25, 0.3) is 20.3 Å². The van der Waals surface area contributed by atoms with Crippen LogP contribution in [-0.4, -0.2) is 24.5 Å². The largest absolute Gasteiger partial charge is 0.296 e. The van der Waals surface area contributed by atoms with Crippen molar-refractivity contribution in [2.45, 2.75) is 25.1 Å². The van der Waals surface area contributed by atoms with E-state index in [-0.39, 0.29) is 15.4 Å². The molecule has 0 fully saturated rings. The number of amides is 1. The van der Waals surface area contributed by atoms with Gasteiger partial charge in [0, 0.05) is 5.56 Å². The maximum absolute atomic E-state index is 12.5. The van der Waals surface area contributed by atoms with E-state index in [2.05, 4.69) is 20.2 Å². The van der Waals surface area contributed by atoms with E-state index in [0.29, 0.717) is 11.3 Å². The number of anilines is 2. The van der Waals surface area contributed by atoms with Crippen LogP contribution in [0.25, 0.3) is 0 Å². The molecule has 140 valence electrons. The SMILES string of the molecule is Cc1ccc(C(=O)Nc2nnc(S(=O)(=O)Nc3ccccc3C)s2)cc1C. The van der Waals surface area contributed by atoms with Crippen LogP contribution in [0.4, 0.5) is 10.8 Å². The molecule has 27 heavy (non-hydrogen) atoms. The van der Waals surface area contributed by atoms with Crippen molar-refractivity contribution in [3.05, 3.63) is 64.7 Å². The molecule has 0 spiro atoms. The average molecular weight is 403 g/mol. The first-order valence-corrected chi connectivity index (χ1v) is 10.4. The minimum atomic E-state index is -3.88. The summed E-state index contributed by atoms with van der Waals surface area (Å²) < 4.78 is 27.2. The predicted octanol–water partition coefficient (Wildman–Crippen LogP) is 3.52. The highest BCUT2D eigenvalue weighted by Gasteiger charge is 2.22. The van der Waals surface area contributed by atoms with Gasteiger partial charge in [0.15, 0.2) is 0 Å². The van der Waals surface area contributed by atoms with Gasteiger partial charge in [0.2, 0.25) is 5.13 Å². The Kier molecular flexibility index (Phi) is 5.24. The molecule has 7 nitrogen and oxygen atoms in total. The number of aryl methyl sites for hydroxylation is 3. The van der Waals surface area contributed by atoms with E-state index >= 15 is 0 Å². The van der Waals surface area contributed by atoms with E-state index in [1.165, 1.54) is 0 Å². The Morgan fingerprint density at radius 1 is 0.963 bits per heavy atom. The number of carbonyl (C=O) groups is 1. The minimum Gasteiger partial charge on any atom is -0.296 e. The second kappa shape index (κ2) is 7.45. The van der Waals surface area contributed by atoms with Crippen LogP contribution in [-0.2, 0) is 10.0 Å². The summed E-state index contributed by atoms with van der Waals surface area (Å²) >= 11 is 0.791. The van der Waals surface area contributed by atoms with Gasteiger partial charge in [-0.3, -0.25) is 14.8 Å². The molecular weight excluding hydrogens is 384 g/mol. The van der Waals surface area contributed by atoms with Crippen LogP contribution in [0.3, 0.4) is 0 Å². The Labute approximate surface area is 161 Å². The molecule has 0 unspecified atom stereocenters. The number of nitrogens with one attached hydrogen (secondary N) is 2. The normalized spacial score (nSPS) is 11.2. The third kappa shape index (κ3) is 4.32. The molecule has 0 aliphatic heterocycles. The maximum Gasteiger partial charge on any atom is 0.291 e. The van der Waals surface area contributed by atoms with Gasteiger partial charge in [0.05, 0.1) is 5.69 Å². The number of benzene rings is 2. The summed E-state index contributed by atoms with van der Waals surface area (Å²) in [5.74, 6) is -0.370. The molecule has 1 aromatic heterocycles. The number of carbonyl (C=O) groups excluding carboxylic acids is 1. The van der Waals surface area contributed by atoms with Gasteiger partial charge in [-0.15, -0.1) is 10.2 Å². The summed E-state index contributed by atoms with van der Waals surface area (Å²) in [5, 5.41) is 10.2. The van der Waals surface area contributed by atoms with Crippen LogP contribution in [0.2, 0.25) is 0 Å². The summed E-state index contributed by atoms with van der Waals surface area (Å²) in [6, 6.07) is 12.3. The highest BCUT2D eigenvalue weighted by molar-refractivity contribution is 7.94. The lowest BCUT2D eigenvalue weighted by Crippen LogP contribution is -2.13. The first-order valence-electron chi connectivity index (χ1n) is 8.07. The smallest absolute Gasteiger partial charge is 0.291 e. The van der Waals surface area contributed by atoms with Gasteiger partial charge in [-0.25, -0.2) is 0 Å². The van der Waals surface area contributed by atoms with Crippen molar-refractivity contribution in [1.29, 1.82) is 0 Å². The molecule has 0 bridgehead atoms. The van der Waals surface area contributed by atoms with Crippen LogP contribution in [0.15, 0.2) is 46.8 Å². The predicted molar refractivity (Wildman–Crippen MR) is 106 cm³/mol. The number of sulfonamides is 1. The molecule has 0 radical (unpaired) electrons. The number of rotatable bonds is 5. The fraction of sp³-hybridized carbons (Fsp3) is 0.167. The van der Waals surface area contributed by atoms with Gasteiger partial charge < -0.3 is 0 Å². The van der Waals surface area contributed by atoms with Crippen LogP contribution in [0.5, 0.6) is 0 Å². The van der Waals surface area contributed by atoms with Gasteiger partial charge >= 0.3 is 0 Å². The highest BCUT2D eigenvalue weighted by atomic mass is 32.2. The van der Waals surface area contributed by atoms with Crippen LogP contribution >= 0.6 is 11.3 Å². The molecule has 3 rings (SSSR count). The molecule has 0 aliphatic rings. The Morgan fingerprint density at radius 2 is 1.70 bits per heavy atom. The van der Waals surface area contributed by atoms with Gasteiger partial charge in [-0.1, -0.05) is 35.6 Å². The zero-order chi connectivity index (χ0) is 19.6. The molecule has 1 amide bonds. The van der Waals surface area contributed by atoms with E-state index in [9.17, 15) is 13.2 Å². The van der Waals surface area contributed by atoms with E-state index in [1.54, 1.807) is 37.3 Å². The van der Waals surface area contributed by atoms with Crippen molar-refractivity contribution in [3.63, 3.8) is 0 Å². The standard InChI is InChI=1S/C18H18N4O3S2/c1-11-8-9-14(10-13(11)3)16(23)19-17-20-21-18(26-17)27(24,25)22-15-7-5-4-6-12(15)2/h4-10,22H,1-3H3,(H,19,20,23). The van der Waals surface area contributed by atoms with Crippen molar-refractivity contribution < 1.29 is 13.2 Å². The average Bonchev–Trinajstić information content (AvgIpc) is 3.08. The van der Waals surface area contributed by atoms with Crippen molar-refractivity contribution in [2.24, 2.45) is 0 Å². The molecule has 9 heteroatoms. The van der Waals surface area contributed by atoms with Crippen molar-refractivity contribution in [1.82, 2.24) is 10.2 Å². The zero-order valence-corrected chi connectivity index (χ0v) is 16.6. The Balaban J connectivity index is 1.76. The minimum absolute atomic E-state index is 0.114. The number of aromatic nitrogens is 2. The first-order chi connectivity index (χ1) is 12.8. The molecule has 0 saturated heterocycles. The summed E-state index contributed by atoms with van der Waals surface area (Å²) in [6.45, 7) is 5.67. The Hall–Kier alpha value is -2.78. The molecule has 1 heterocycles. The first kappa shape index (κ1) is 19.0. The Morgan fingerprint density at radius 3 is 2.41 bits per heavy atom. The van der Waals surface area contributed by atoms with Crippen LogP contribution in [0, 0.1) is 20.8 Å². The fourth-order valence-corrected chi connectivity index (χ4v) is 4.32. The molecule has 2 N–H and O–H groups in total. The second-order valence-corrected chi connectivity index (χ2v) is 8.88. The monoisotopic (exact) mass is 402 g/mol. The summed E-state index contributed by atoms with van der Waals surface area (Å²) in [4.78, 5) is 12.3. The van der Waals surface area contributed by atoms with E-state index < -0.39 is 10.0 Å². The topological polar surface area (TPSA) is 101 Å². The van der Waals surface area contributed by atoms with Crippen LogP contribution in [0.1, 0.15) is 27.0 Å². The summed E-state index contributed by atoms with van der Waals surface area (Å²) in [5.41, 5.74) is 3.79. The lowest BCUT2D eigenvalue weighted by atomic mass is 10.1. The van der Waals surface area contributed by atoms with E-state index in [4.69, 9.17) is 0 Å². The maximum atomic E-state index is 12.5. The molecule has 2 aromatic carbocycles. The third-order valence-electron chi connectivity index (χ3n) is 4.02. The number of hydrogen-bond acceptors (Lipinski definition) is 6. The molecule has 0 saturated carbocycles. The van der Waals surface area contributed by atoms with Crippen molar-refractivity contribution >= 4 is 38.1 Å². The van der Waals surface area contributed by atoms with Crippen LogP contribution < -0.4 is 10.0 Å². The lowest BCUT2D eigenvalue weighted by Gasteiger charge is -2.07. The fourth-order valence-electron chi connectivity index (χ4n) is 2.30. The van der Waals surface area contributed by atoms with Gasteiger partial charge in [-0.05, 0) is 55.7 Å². The summed E-state index contributed by atoms with van der Waals surface area (Å²) in [6.07, 6.45) is 0. The lowest BCUT2D eigenvalue weighted by molar-refractivity contribution is 0.102. The van der Waals surface area contributed by atoms with E-state index in [1.807, 2.05) is 26.0 Å². The van der Waals surface area contributed by atoms with Crippen molar-refractivity contribution in [2.75, 3.05) is 10.0 Å². The molecule has 3 aromatic rings. The summed E-state index contributed by atoms with van der Waals surface area (Å²) in [7, 11) is -3.88. The number of hydrogen-bond donors (Lipinski definition) is 2. The van der Waals surface area contributed by atoms with Gasteiger partial charge in [0.1, 0.15) is 0 Å². The van der Waals surface area contributed by atoms with E-state index in [0.717, 1.165) is 28.0 Å². The molecule has 0 atom stereocenters.